The fourth-order valence-electron chi connectivity index (χ4n) is 2.44. The van der Waals surface area contributed by atoms with E-state index >= 15 is 0 Å². The van der Waals surface area contributed by atoms with Crippen LogP contribution in [0, 0.1) is 0 Å². The Balaban J connectivity index is 1.77. The summed E-state index contributed by atoms with van der Waals surface area (Å²) in [6.45, 7) is 0.724. The highest BCUT2D eigenvalue weighted by Gasteiger charge is 2.34. The van der Waals surface area contributed by atoms with Gasteiger partial charge in [0.2, 0.25) is 5.91 Å². The predicted molar refractivity (Wildman–Crippen MR) is 83.8 cm³/mol. The van der Waals surface area contributed by atoms with Gasteiger partial charge in [-0.15, -0.1) is 11.8 Å². The number of carbonyl (C=O) groups is 1. The molecule has 1 aromatic heterocycles. The van der Waals surface area contributed by atoms with Crippen molar-refractivity contribution in [2.45, 2.75) is 16.6 Å². The van der Waals surface area contributed by atoms with E-state index in [2.05, 4.69) is 4.98 Å². The minimum absolute atomic E-state index is 0.0442. The average molecular weight is 300 g/mol. The van der Waals surface area contributed by atoms with Gasteiger partial charge in [-0.05, 0) is 30.7 Å². The molecule has 0 unspecified atom stereocenters. The molecule has 0 N–H and O–H groups in total. The fourth-order valence-corrected chi connectivity index (χ4v) is 3.49. The average Bonchev–Trinajstić information content (AvgIpc) is 2.89. The van der Waals surface area contributed by atoms with Crippen LogP contribution in [0.1, 0.15) is 6.42 Å². The lowest BCUT2D eigenvalue weighted by Gasteiger charge is -2.19. The number of nitrogens with zero attached hydrogens (tertiary/aromatic N) is 2. The Morgan fingerprint density at radius 3 is 2.76 bits per heavy atom. The van der Waals surface area contributed by atoms with Crippen molar-refractivity contribution >= 4 is 23.4 Å². The van der Waals surface area contributed by atoms with Crippen molar-refractivity contribution in [3.8, 4) is 5.75 Å². The number of carbonyl (C=O) groups excluding carboxylic acids is 1. The maximum Gasteiger partial charge on any atom is 0.240 e. The minimum atomic E-state index is -0.0442. The molecule has 0 radical (unpaired) electrons. The molecule has 21 heavy (non-hydrogen) atoms. The second kappa shape index (κ2) is 6.18. The van der Waals surface area contributed by atoms with Crippen molar-refractivity contribution in [2.24, 2.45) is 0 Å². The first kappa shape index (κ1) is 13.9. The van der Waals surface area contributed by atoms with E-state index in [4.69, 9.17) is 4.74 Å². The second-order valence-electron chi connectivity index (χ2n) is 4.74. The van der Waals surface area contributed by atoms with E-state index in [1.807, 2.05) is 41.3 Å². The zero-order chi connectivity index (χ0) is 14.7. The highest BCUT2D eigenvalue weighted by molar-refractivity contribution is 8.00. The molecular formula is C16H16N2O2S. The lowest BCUT2D eigenvalue weighted by molar-refractivity contribution is -0.116. The van der Waals surface area contributed by atoms with Gasteiger partial charge in [-0.25, -0.2) is 0 Å². The molecule has 0 spiro atoms. The van der Waals surface area contributed by atoms with Crippen molar-refractivity contribution in [3.05, 3.63) is 48.8 Å². The highest BCUT2D eigenvalue weighted by Crippen LogP contribution is 2.36. The largest absolute Gasteiger partial charge is 0.495 e. The number of hydrogen-bond acceptors (Lipinski definition) is 4. The highest BCUT2D eigenvalue weighted by atomic mass is 32.2. The summed E-state index contributed by atoms with van der Waals surface area (Å²) < 4.78 is 5.35. The number of anilines is 1. The monoisotopic (exact) mass is 300 g/mol. The van der Waals surface area contributed by atoms with Gasteiger partial charge in [-0.3, -0.25) is 9.78 Å². The number of pyridine rings is 1. The first-order chi connectivity index (χ1) is 10.3. The van der Waals surface area contributed by atoms with E-state index in [9.17, 15) is 4.79 Å². The molecule has 1 aliphatic rings. The molecule has 0 bridgehead atoms. The molecule has 1 amide bonds. The van der Waals surface area contributed by atoms with Crippen molar-refractivity contribution in [3.63, 3.8) is 0 Å². The van der Waals surface area contributed by atoms with Gasteiger partial charge in [-0.2, -0.15) is 0 Å². The third kappa shape index (κ3) is 2.88. The summed E-state index contributed by atoms with van der Waals surface area (Å²) >= 11 is 1.60. The summed E-state index contributed by atoms with van der Waals surface area (Å²) in [5.74, 6) is 0.877. The summed E-state index contributed by atoms with van der Waals surface area (Å²) in [5, 5.41) is -0.0442. The van der Waals surface area contributed by atoms with Gasteiger partial charge in [0.05, 0.1) is 18.0 Å². The molecule has 2 aromatic rings. The second-order valence-corrected chi connectivity index (χ2v) is 6.02. The topological polar surface area (TPSA) is 42.4 Å². The summed E-state index contributed by atoms with van der Waals surface area (Å²) in [4.78, 5) is 19.5. The number of hydrogen-bond donors (Lipinski definition) is 0. The molecule has 1 fully saturated rings. The third-order valence-corrected chi connectivity index (χ3v) is 4.73. The van der Waals surface area contributed by atoms with E-state index in [0.717, 1.165) is 29.3 Å². The molecule has 4 nitrogen and oxygen atoms in total. The van der Waals surface area contributed by atoms with Crippen LogP contribution in [0.5, 0.6) is 5.75 Å². The Morgan fingerprint density at radius 2 is 2.00 bits per heavy atom. The predicted octanol–water partition coefficient (Wildman–Crippen LogP) is 2.99. The Kier molecular flexibility index (Phi) is 4.10. The fraction of sp³-hybridized carbons (Fsp3) is 0.250. The van der Waals surface area contributed by atoms with Gasteiger partial charge in [0.15, 0.2) is 0 Å². The van der Waals surface area contributed by atoms with Gasteiger partial charge in [0.1, 0.15) is 5.75 Å². The summed E-state index contributed by atoms with van der Waals surface area (Å²) in [6, 6.07) is 11.5. The molecule has 2 heterocycles. The molecule has 1 atom stereocenters. The molecule has 1 aromatic carbocycles. The van der Waals surface area contributed by atoms with Crippen molar-refractivity contribution in [1.29, 1.82) is 0 Å². The molecule has 5 heteroatoms. The molecular weight excluding hydrogens is 284 g/mol. The van der Waals surface area contributed by atoms with Crippen LogP contribution in [-0.2, 0) is 4.79 Å². The Morgan fingerprint density at radius 1 is 1.24 bits per heavy atom. The van der Waals surface area contributed by atoms with E-state index in [-0.39, 0.29) is 11.2 Å². The van der Waals surface area contributed by atoms with Crippen molar-refractivity contribution < 1.29 is 9.53 Å². The lowest BCUT2D eigenvalue weighted by atomic mass is 10.2. The van der Waals surface area contributed by atoms with Crippen LogP contribution < -0.4 is 9.64 Å². The molecule has 0 aliphatic carbocycles. The quantitative estimate of drug-likeness (QED) is 0.870. The summed E-state index contributed by atoms with van der Waals surface area (Å²) in [7, 11) is 1.63. The number of benzene rings is 1. The van der Waals surface area contributed by atoms with Gasteiger partial charge >= 0.3 is 0 Å². The zero-order valence-corrected chi connectivity index (χ0v) is 12.5. The SMILES string of the molecule is COc1ccccc1N1CC[C@H](Sc2ccncc2)C1=O. The number of para-hydroxylation sites is 2. The van der Waals surface area contributed by atoms with Gasteiger partial charge in [-0.1, -0.05) is 12.1 Å². The normalized spacial score (nSPS) is 18.0. The van der Waals surface area contributed by atoms with Crippen molar-refractivity contribution in [2.75, 3.05) is 18.6 Å². The number of aromatic nitrogens is 1. The molecule has 1 aliphatic heterocycles. The van der Waals surface area contributed by atoms with E-state index in [1.165, 1.54) is 0 Å². The van der Waals surface area contributed by atoms with Crippen LogP contribution in [0.3, 0.4) is 0 Å². The number of amides is 1. The molecule has 1 saturated heterocycles. The first-order valence-corrected chi connectivity index (χ1v) is 7.68. The standard InChI is InChI=1S/C16H16N2O2S/c1-20-14-5-3-2-4-13(14)18-11-8-15(16(18)19)21-12-6-9-17-10-7-12/h2-7,9-10,15H,8,11H2,1H3/t15-/m0/s1. The zero-order valence-electron chi connectivity index (χ0n) is 11.7. The molecule has 0 saturated carbocycles. The first-order valence-electron chi connectivity index (χ1n) is 6.80. The third-order valence-electron chi connectivity index (χ3n) is 3.46. The number of methoxy groups -OCH3 is 1. The smallest absolute Gasteiger partial charge is 0.240 e. The lowest BCUT2D eigenvalue weighted by Crippen LogP contribution is -2.28. The van der Waals surface area contributed by atoms with Gasteiger partial charge in [0.25, 0.3) is 0 Å². The maximum absolute atomic E-state index is 12.6. The van der Waals surface area contributed by atoms with Gasteiger partial charge in [0, 0.05) is 23.8 Å². The van der Waals surface area contributed by atoms with Crippen LogP contribution in [0.4, 0.5) is 5.69 Å². The Bertz CT molecular complexity index is 633. The minimum Gasteiger partial charge on any atom is -0.495 e. The number of ether oxygens (including phenoxy) is 1. The van der Waals surface area contributed by atoms with Crippen molar-refractivity contribution in [1.82, 2.24) is 4.98 Å². The molecule has 3 rings (SSSR count). The number of rotatable bonds is 4. The van der Waals surface area contributed by atoms with E-state index in [1.54, 1.807) is 31.3 Å². The van der Waals surface area contributed by atoms with Gasteiger partial charge < -0.3 is 9.64 Å². The Hall–Kier alpha value is -2.01. The summed E-state index contributed by atoms with van der Waals surface area (Å²) in [6.07, 6.45) is 4.34. The Labute approximate surface area is 128 Å². The van der Waals surface area contributed by atoms with Crippen LogP contribution in [-0.4, -0.2) is 29.8 Å². The van der Waals surface area contributed by atoms with E-state index in [0.29, 0.717) is 0 Å². The number of thioether (sulfide) groups is 1. The maximum atomic E-state index is 12.6. The van der Waals surface area contributed by atoms with Crippen LogP contribution in [0.15, 0.2) is 53.7 Å². The van der Waals surface area contributed by atoms with Crippen LogP contribution in [0.2, 0.25) is 0 Å². The van der Waals surface area contributed by atoms with Crippen LogP contribution >= 0.6 is 11.8 Å². The van der Waals surface area contributed by atoms with E-state index < -0.39 is 0 Å². The summed E-state index contributed by atoms with van der Waals surface area (Å²) in [5.41, 5.74) is 0.850. The molecule has 108 valence electrons. The van der Waals surface area contributed by atoms with Crippen LogP contribution in [0.25, 0.3) is 0 Å².